The normalized spacial score (nSPS) is 11.8. The fourth-order valence-corrected chi connectivity index (χ4v) is 3.42. The van der Waals surface area contributed by atoms with Gasteiger partial charge in [-0.25, -0.2) is 0 Å². The molecule has 1 unspecified atom stereocenters. The third-order valence-electron chi connectivity index (χ3n) is 3.85. The quantitative estimate of drug-likeness (QED) is 0.449. The van der Waals surface area contributed by atoms with Gasteiger partial charge >= 0.3 is 5.97 Å². The lowest BCUT2D eigenvalue weighted by atomic mass is 9.92. The van der Waals surface area contributed by atoms with E-state index >= 15 is 0 Å². The minimum atomic E-state index is -0.781. The number of rotatable bonds is 7. The van der Waals surface area contributed by atoms with Gasteiger partial charge in [-0.15, -0.1) is 0 Å². The Kier molecular flexibility index (Phi) is 7.18. The minimum Gasteiger partial charge on any atom is -0.468 e. The molecule has 5 heteroatoms. The Morgan fingerprint density at radius 3 is 2.04 bits per heavy atom. The summed E-state index contributed by atoms with van der Waals surface area (Å²) < 4.78 is 6.69. The van der Waals surface area contributed by atoms with Gasteiger partial charge in [-0.1, -0.05) is 68.3 Å². The van der Waals surface area contributed by atoms with Crippen molar-refractivity contribution in [2.24, 2.45) is 5.92 Å². The molecule has 126 valence electrons. The van der Waals surface area contributed by atoms with Crippen LogP contribution >= 0.6 is 31.9 Å². The number of carbonyl (C=O) groups is 2. The zero-order valence-corrected chi connectivity index (χ0v) is 16.5. The van der Waals surface area contributed by atoms with Crippen LogP contribution in [0.5, 0.6) is 0 Å². The van der Waals surface area contributed by atoms with E-state index in [1.807, 2.05) is 48.5 Å². The van der Waals surface area contributed by atoms with Crippen molar-refractivity contribution in [2.45, 2.75) is 19.3 Å². The average Bonchev–Trinajstić information content (AvgIpc) is 2.59. The Labute approximate surface area is 158 Å². The minimum absolute atomic E-state index is 0.103. The molecule has 0 fully saturated rings. The fourth-order valence-electron chi connectivity index (χ4n) is 2.49. The summed E-state index contributed by atoms with van der Waals surface area (Å²) in [5.41, 5.74) is 1.97. The van der Waals surface area contributed by atoms with Crippen LogP contribution in [-0.2, 0) is 27.2 Å². The second-order valence-corrected chi connectivity index (χ2v) is 7.14. The standard InChI is InChI=1S/C19H18Br2O3/c1-24-19(23)15(12-14-7-3-5-9-17(14)21)18(22)11-10-13-6-2-4-8-16(13)20/h2-9,15H,10-12H2,1H3. The van der Waals surface area contributed by atoms with Gasteiger partial charge in [0.15, 0.2) is 0 Å². The van der Waals surface area contributed by atoms with E-state index in [4.69, 9.17) is 4.74 Å². The molecule has 2 aromatic carbocycles. The number of hydrogen-bond acceptors (Lipinski definition) is 3. The van der Waals surface area contributed by atoms with E-state index in [2.05, 4.69) is 31.9 Å². The van der Waals surface area contributed by atoms with Crippen molar-refractivity contribution in [3.8, 4) is 0 Å². The second-order valence-electron chi connectivity index (χ2n) is 5.43. The molecule has 0 radical (unpaired) electrons. The highest BCUT2D eigenvalue weighted by Crippen LogP contribution is 2.23. The van der Waals surface area contributed by atoms with Crippen LogP contribution in [0.1, 0.15) is 17.5 Å². The fraction of sp³-hybridized carbons (Fsp3) is 0.263. The number of carbonyl (C=O) groups excluding carboxylic acids is 2. The molecule has 0 amide bonds. The van der Waals surface area contributed by atoms with Gasteiger partial charge in [0, 0.05) is 15.4 Å². The first-order valence-corrected chi connectivity index (χ1v) is 9.19. The molecule has 0 spiro atoms. The van der Waals surface area contributed by atoms with E-state index in [1.165, 1.54) is 7.11 Å². The Hall–Kier alpha value is -1.46. The molecule has 0 saturated heterocycles. The van der Waals surface area contributed by atoms with Crippen LogP contribution < -0.4 is 0 Å². The van der Waals surface area contributed by atoms with Gasteiger partial charge in [-0.3, -0.25) is 9.59 Å². The van der Waals surface area contributed by atoms with Crippen LogP contribution in [-0.4, -0.2) is 18.9 Å². The molecular formula is C19H18Br2O3. The van der Waals surface area contributed by atoms with Crippen LogP contribution in [0, 0.1) is 5.92 Å². The SMILES string of the molecule is COC(=O)C(Cc1ccccc1Br)C(=O)CCc1ccccc1Br. The molecule has 1 atom stereocenters. The lowest BCUT2D eigenvalue weighted by Gasteiger charge is -2.15. The summed E-state index contributed by atoms with van der Waals surface area (Å²) in [5.74, 6) is -1.37. The number of ether oxygens (including phenoxy) is 1. The van der Waals surface area contributed by atoms with E-state index in [1.54, 1.807) is 0 Å². The molecule has 0 aliphatic carbocycles. The lowest BCUT2D eigenvalue weighted by molar-refractivity contribution is -0.149. The highest BCUT2D eigenvalue weighted by atomic mass is 79.9. The predicted molar refractivity (Wildman–Crippen MR) is 101 cm³/mol. The molecule has 24 heavy (non-hydrogen) atoms. The molecular weight excluding hydrogens is 436 g/mol. The molecule has 0 saturated carbocycles. The molecule has 2 aromatic rings. The maximum absolute atomic E-state index is 12.6. The molecule has 3 nitrogen and oxygen atoms in total. The number of methoxy groups -OCH3 is 1. The summed E-state index contributed by atoms with van der Waals surface area (Å²) in [4.78, 5) is 24.7. The highest BCUT2D eigenvalue weighted by molar-refractivity contribution is 9.10. The van der Waals surface area contributed by atoms with Crippen molar-refractivity contribution < 1.29 is 14.3 Å². The maximum atomic E-state index is 12.6. The second kappa shape index (κ2) is 9.14. The van der Waals surface area contributed by atoms with Crippen molar-refractivity contribution in [2.75, 3.05) is 7.11 Å². The summed E-state index contributed by atoms with van der Waals surface area (Å²) in [6, 6.07) is 15.4. The lowest BCUT2D eigenvalue weighted by Crippen LogP contribution is -2.28. The predicted octanol–water partition coefficient (Wildman–Crippen LogP) is 4.75. The number of aryl methyl sites for hydroxylation is 1. The van der Waals surface area contributed by atoms with Crippen LogP contribution in [0.3, 0.4) is 0 Å². The number of esters is 1. The first-order chi connectivity index (χ1) is 11.5. The highest BCUT2D eigenvalue weighted by Gasteiger charge is 2.28. The maximum Gasteiger partial charge on any atom is 0.316 e. The molecule has 0 heterocycles. The van der Waals surface area contributed by atoms with Crippen LogP contribution in [0.4, 0.5) is 0 Å². The number of halogens is 2. The van der Waals surface area contributed by atoms with Crippen molar-refractivity contribution in [3.63, 3.8) is 0 Å². The number of benzene rings is 2. The summed E-state index contributed by atoms with van der Waals surface area (Å²) in [5, 5.41) is 0. The summed E-state index contributed by atoms with van der Waals surface area (Å²) in [6.45, 7) is 0. The molecule has 0 bridgehead atoms. The molecule has 2 rings (SSSR count). The van der Waals surface area contributed by atoms with Crippen LogP contribution in [0.15, 0.2) is 57.5 Å². The van der Waals surface area contributed by atoms with Crippen molar-refractivity contribution in [3.05, 3.63) is 68.6 Å². The average molecular weight is 454 g/mol. The van der Waals surface area contributed by atoms with E-state index in [0.29, 0.717) is 19.3 Å². The zero-order chi connectivity index (χ0) is 17.5. The van der Waals surface area contributed by atoms with Gasteiger partial charge in [0.25, 0.3) is 0 Å². The molecule has 0 aromatic heterocycles. The Morgan fingerprint density at radius 1 is 0.958 bits per heavy atom. The first-order valence-electron chi connectivity index (χ1n) is 7.60. The zero-order valence-electron chi connectivity index (χ0n) is 13.3. The monoisotopic (exact) mass is 452 g/mol. The van der Waals surface area contributed by atoms with Crippen LogP contribution in [0.2, 0.25) is 0 Å². The van der Waals surface area contributed by atoms with Gasteiger partial charge < -0.3 is 4.74 Å². The largest absolute Gasteiger partial charge is 0.468 e. The smallest absolute Gasteiger partial charge is 0.316 e. The number of hydrogen-bond donors (Lipinski definition) is 0. The first kappa shape index (κ1) is 18.9. The van der Waals surface area contributed by atoms with E-state index in [0.717, 1.165) is 20.1 Å². The number of ketones is 1. The van der Waals surface area contributed by atoms with E-state index < -0.39 is 11.9 Å². The van der Waals surface area contributed by atoms with Crippen molar-refractivity contribution in [1.29, 1.82) is 0 Å². The van der Waals surface area contributed by atoms with Crippen molar-refractivity contribution in [1.82, 2.24) is 0 Å². The molecule has 0 aliphatic heterocycles. The Balaban J connectivity index is 2.10. The van der Waals surface area contributed by atoms with Gasteiger partial charge in [0.1, 0.15) is 11.7 Å². The van der Waals surface area contributed by atoms with Crippen molar-refractivity contribution >= 4 is 43.6 Å². The van der Waals surface area contributed by atoms with Gasteiger partial charge in [-0.05, 0) is 36.1 Å². The number of Topliss-reactive ketones (excluding diaryl/α,β-unsaturated/α-hetero) is 1. The molecule has 0 N–H and O–H groups in total. The Bertz CT molecular complexity index is 728. The third-order valence-corrected chi connectivity index (χ3v) is 5.40. The topological polar surface area (TPSA) is 43.4 Å². The van der Waals surface area contributed by atoms with E-state index in [9.17, 15) is 9.59 Å². The van der Waals surface area contributed by atoms with Crippen LogP contribution in [0.25, 0.3) is 0 Å². The summed E-state index contributed by atoms with van der Waals surface area (Å²) in [7, 11) is 1.32. The van der Waals surface area contributed by atoms with Gasteiger partial charge in [0.05, 0.1) is 7.11 Å². The van der Waals surface area contributed by atoms with E-state index in [-0.39, 0.29) is 5.78 Å². The van der Waals surface area contributed by atoms with Gasteiger partial charge in [0.2, 0.25) is 0 Å². The third kappa shape index (κ3) is 5.02. The van der Waals surface area contributed by atoms with Gasteiger partial charge in [-0.2, -0.15) is 0 Å². The molecule has 0 aliphatic rings. The summed E-state index contributed by atoms with van der Waals surface area (Å²) in [6.07, 6.45) is 1.22. The Morgan fingerprint density at radius 2 is 1.50 bits per heavy atom. The summed E-state index contributed by atoms with van der Waals surface area (Å²) >= 11 is 6.94.